The minimum Gasteiger partial charge on any atom is -0.363 e. The second-order valence-corrected chi connectivity index (χ2v) is 3.65. The fraction of sp³-hybridized carbons (Fsp3) is 0.167. The van der Waals surface area contributed by atoms with Crippen molar-refractivity contribution in [3.63, 3.8) is 0 Å². The molecule has 1 atom stereocenters. The zero-order valence-electron chi connectivity index (χ0n) is 9.17. The van der Waals surface area contributed by atoms with E-state index in [1.807, 2.05) is 30.3 Å². The third kappa shape index (κ3) is 3.15. The minimum absolute atomic E-state index is 0.185. The molecule has 2 aromatic rings. The highest BCUT2D eigenvalue weighted by Crippen LogP contribution is 2.14. The van der Waals surface area contributed by atoms with Gasteiger partial charge in [-0.2, -0.15) is 0 Å². The molecule has 88 valence electrons. The summed E-state index contributed by atoms with van der Waals surface area (Å²) in [6, 6.07) is 10.7. The van der Waals surface area contributed by atoms with Gasteiger partial charge in [0, 0.05) is 18.5 Å². The van der Waals surface area contributed by atoms with Crippen LogP contribution in [0.25, 0.3) is 0 Å². The van der Waals surface area contributed by atoms with Crippen molar-refractivity contribution >= 4 is 11.7 Å². The maximum absolute atomic E-state index is 11.6. The van der Waals surface area contributed by atoms with E-state index in [0.29, 0.717) is 5.82 Å². The molecular weight excluding hydrogens is 218 g/mol. The summed E-state index contributed by atoms with van der Waals surface area (Å²) in [5.41, 5.74) is 6.85. The summed E-state index contributed by atoms with van der Waals surface area (Å²) in [6.45, 7) is 0. The van der Waals surface area contributed by atoms with Crippen molar-refractivity contribution in [1.82, 2.24) is 5.16 Å². The number of amides is 1. The number of carbonyl (C=O) groups is 1. The molecule has 1 heterocycles. The molecule has 0 radical (unpaired) electrons. The summed E-state index contributed by atoms with van der Waals surface area (Å²) < 4.78 is 4.61. The molecule has 1 aromatic heterocycles. The lowest BCUT2D eigenvalue weighted by Crippen LogP contribution is -2.20. The lowest BCUT2D eigenvalue weighted by molar-refractivity contribution is -0.116. The summed E-state index contributed by atoms with van der Waals surface area (Å²) >= 11 is 0. The molecular formula is C12H13N3O2. The first-order valence-electron chi connectivity index (χ1n) is 5.26. The minimum atomic E-state index is -0.317. The maximum atomic E-state index is 11.6. The molecule has 0 aliphatic rings. The highest BCUT2D eigenvalue weighted by atomic mass is 16.5. The van der Waals surface area contributed by atoms with Gasteiger partial charge in [0.05, 0.1) is 0 Å². The van der Waals surface area contributed by atoms with Gasteiger partial charge in [-0.25, -0.2) is 0 Å². The van der Waals surface area contributed by atoms with Crippen molar-refractivity contribution in [3.8, 4) is 0 Å². The summed E-state index contributed by atoms with van der Waals surface area (Å²) in [5, 5.41) is 6.19. The molecule has 1 unspecified atom stereocenters. The van der Waals surface area contributed by atoms with Crippen molar-refractivity contribution in [1.29, 1.82) is 0 Å². The lowest BCUT2D eigenvalue weighted by Gasteiger charge is -2.10. The van der Waals surface area contributed by atoms with Gasteiger partial charge in [0.1, 0.15) is 6.26 Å². The van der Waals surface area contributed by atoms with Crippen molar-refractivity contribution in [2.45, 2.75) is 12.5 Å². The Morgan fingerprint density at radius 1 is 1.35 bits per heavy atom. The smallest absolute Gasteiger partial charge is 0.227 e. The van der Waals surface area contributed by atoms with Gasteiger partial charge in [0.2, 0.25) is 5.91 Å². The number of hydrogen-bond acceptors (Lipinski definition) is 4. The number of rotatable bonds is 4. The van der Waals surface area contributed by atoms with Crippen LogP contribution >= 0.6 is 0 Å². The normalized spacial score (nSPS) is 12.1. The Morgan fingerprint density at radius 2 is 2.12 bits per heavy atom. The zero-order chi connectivity index (χ0) is 12.1. The number of aromatic nitrogens is 1. The van der Waals surface area contributed by atoms with Crippen LogP contribution in [-0.4, -0.2) is 11.1 Å². The predicted molar refractivity (Wildman–Crippen MR) is 63.1 cm³/mol. The Bertz CT molecular complexity index is 468. The van der Waals surface area contributed by atoms with Crippen molar-refractivity contribution in [3.05, 3.63) is 48.2 Å². The first kappa shape index (κ1) is 11.3. The topological polar surface area (TPSA) is 81.2 Å². The van der Waals surface area contributed by atoms with Gasteiger partial charge >= 0.3 is 0 Å². The third-order valence-electron chi connectivity index (χ3n) is 2.34. The zero-order valence-corrected chi connectivity index (χ0v) is 9.17. The van der Waals surface area contributed by atoms with Gasteiger partial charge in [0.25, 0.3) is 0 Å². The van der Waals surface area contributed by atoms with E-state index in [9.17, 15) is 4.79 Å². The highest BCUT2D eigenvalue weighted by Gasteiger charge is 2.12. The van der Waals surface area contributed by atoms with Crippen LogP contribution in [-0.2, 0) is 4.79 Å². The van der Waals surface area contributed by atoms with Crippen LogP contribution in [0.2, 0.25) is 0 Å². The fourth-order valence-electron chi connectivity index (χ4n) is 1.49. The number of anilines is 1. The van der Waals surface area contributed by atoms with E-state index in [-0.39, 0.29) is 18.4 Å². The first-order chi connectivity index (χ1) is 8.25. The molecule has 17 heavy (non-hydrogen) atoms. The number of hydrogen-bond donors (Lipinski definition) is 2. The maximum Gasteiger partial charge on any atom is 0.227 e. The van der Waals surface area contributed by atoms with Gasteiger partial charge in [0.15, 0.2) is 5.82 Å². The first-order valence-corrected chi connectivity index (χ1v) is 5.26. The lowest BCUT2D eigenvalue weighted by atomic mass is 10.0. The summed E-state index contributed by atoms with van der Waals surface area (Å²) in [5.74, 6) is 0.213. The molecule has 3 N–H and O–H groups in total. The molecule has 0 saturated carbocycles. The molecule has 0 fully saturated rings. The second-order valence-electron chi connectivity index (χ2n) is 3.65. The molecule has 1 amide bonds. The molecule has 2 rings (SSSR count). The molecule has 5 nitrogen and oxygen atoms in total. The largest absolute Gasteiger partial charge is 0.363 e. The van der Waals surface area contributed by atoms with Crippen LogP contribution in [0, 0.1) is 0 Å². The quantitative estimate of drug-likeness (QED) is 0.839. The third-order valence-corrected chi connectivity index (χ3v) is 2.34. The molecule has 0 spiro atoms. The summed E-state index contributed by atoms with van der Waals surface area (Å²) in [7, 11) is 0. The van der Waals surface area contributed by atoms with Crippen LogP contribution in [0.3, 0.4) is 0 Å². The molecule has 0 aliphatic heterocycles. The molecule has 0 saturated heterocycles. The van der Waals surface area contributed by atoms with Crippen LogP contribution in [0.4, 0.5) is 5.82 Å². The second kappa shape index (κ2) is 5.27. The number of benzene rings is 1. The van der Waals surface area contributed by atoms with Gasteiger partial charge < -0.3 is 15.6 Å². The summed E-state index contributed by atoms with van der Waals surface area (Å²) in [6.07, 6.45) is 1.60. The van der Waals surface area contributed by atoms with E-state index in [1.165, 1.54) is 6.26 Å². The Hall–Kier alpha value is -2.14. The van der Waals surface area contributed by atoms with Gasteiger partial charge in [-0.05, 0) is 5.56 Å². The van der Waals surface area contributed by atoms with Crippen LogP contribution in [0.5, 0.6) is 0 Å². The van der Waals surface area contributed by atoms with E-state index >= 15 is 0 Å². The molecule has 1 aromatic carbocycles. The summed E-state index contributed by atoms with van der Waals surface area (Å²) in [4.78, 5) is 11.6. The van der Waals surface area contributed by atoms with E-state index in [1.54, 1.807) is 6.07 Å². The molecule has 5 heteroatoms. The van der Waals surface area contributed by atoms with Gasteiger partial charge in [-0.15, -0.1) is 0 Å². The van der Waals surface area contributed by atoms with E-state index in [0.717, 1.165) is 5.56 Å². The SMILES string of the molecule is NC(CC(=O)Nc1ccon1)c1ccccc1. The Labute approximate surface area is 98.6 Å². The number of carbonyl (C=O) groups excluding carboxylic acids is 1. The van der Waals surface area contributed by atoms with Crippen molar-refractivity contribution in [2.75, 3.05) is 5.32 Å². The van der Waals surface area contributed by atoms with E-state index in [2.05, 4.69) is 15.0 Å². The standard InChI is InChI=1S/C12H13N3O2/c13-10(9-4-2-1-3-5-9)8-12(16)14-11-6-7-17-15-11/h1-7,10H,8,13H2,(H,14,15,16). The van der Waals surface area contributed by atoms with Crippen LogP contribution in [0.15, 0.2) is 47.2 Å². The monoisotopic (exact) mass is 231 g/mol. The van der Waals surface area contributed by atoms with Crippen LogP contribution in [0.1, 0.15) is 18.0 Å². The van der Waals surface area contributed by atoms with Crippen LogP contribution < -0.4 is 11.1 Å². The highest BCUT2D eigenvalue weighted by molar-refractivity contribution is 5.90. The van der Waals surface area contributed by atoms with Crippen molar-refractivity contribution in [2.24, 2.45) is 5.73 Å². The Balaban J connectivity index is 1.91. The van der Waals surface area contributed by atoms with Gasteiger partial charge in [-0.1, -0.05) is 35.5 Å². The number of nitrogens with zero attached hydrogens (tertiary/aromatic N) is 1. The molecule has 0 bridgehead atoms. The van der Waals surface area contributed by atoms with Gasteiger partial charge in [-0.3, -0.25) is 4.79 Å². The average molecular weight is 231 g/mol. The predicted octanol–water partition coefficient (Wildman–Crippen LogP) is 1.70. The fourth-order valence-corrected chi connectivity index (χ4v) is 1.49. The average Bonchev–Trinajstić information content (AvgIpc) is 2.82. The van der Waals surface area contributed by atoms with Crippen molar-refractivity contribution < 1.29 is 9.32 Å². The molecule has 0 aliphatic carbocycles. The van der Waals surface area contributed by atoms with E-state index in [4.69, 9.17) is 5.73 Å². The van der Waals surface area contributed by atoms with E-state index < -0.39 is 0 Å². The Kier molecular flexibility index (Phi) is 3.52. The number of nitrogens with one attached hydrogen (secondary N) is 1. The Morgan fingerprint density at radius 3 is 2.76 bits per heavy atom. The number of nitrogens with two attached hydrogens (primary N) is 1.